The molecule has 0 fully saturated rings. The van der Waals surface area contributed by atoms with E-state index in [0.29, 0.717) is 16.3 Å². The smallest absolute Gasteiger partial charge is 0.254 e. The van der Waals surface area contributed by atoms with Gasteiger partial charge in [0.1, 0.15) is 10.8 Å². The molecule has 5 nitrogen and oxygen atoms in total. The van der Waals surface area contributed by atoms with Crippen molar-refractivity contribution in [3.05, 3.63) is 89.4 Å². The maximum Gasteiger partial charge on any atom is 0.254 e. The fraction of sp³-hybridized carbons (Fsp3) is 0.182. The Morgan fingerprint density at radius 2 is 1.77 bits per heavy atom. The summed E-state index contributed by atoms with van der Waals surface area (Å²) in [4.78, 5) is 17.4. The number of rotatable bonds is 7. The molecule has 0 radical (unpaired) electrons. The second-order valence-electron chi connectivity index (χ2n) is 6.81. The van der Waals surface area contributed by atoms with Crippen LogP contribution in [-0.4, -0.2) is 25.6 Å². The molecule has 8 heteroatoms. The Kier molecular flexibility index (Phi) is 6.89. The molecule has 1 heterocycles. The summed E-state index contributed by atoms with van der Waals surface area (Å²) in [5.41, 5.74) is 2.17. The van der Waals surface area contributed by atoms with Gasteiger partial charge >= 0.3 is 0 Å². The largest absolute Gasteiger partial charge is 0.345 e. The number of carbonyl (C=O) groups excluding carboxylic acids is 1. The molecule has 2 aromatic carbocycles. The second-order valence-corrected chi connectivity index (χ2v) is 9.79. The molecule has 0 aliphatic carbocycles. The van der Waals surface area contributed by atoms with Crippen molar-refractivity contribution < 1.29 is 17.6 Å². The van der Waals surface area contributed by atoms with Crippen LogP contribution in [-0.2, 0) is 15.6 Å². The molecule has 1 atom stereocenters. The Balaban J connectivity index is 1.70. The Hall–Kier alpha value is -2.71. The van der Waals surface area contributed by atoms with E-state index in [1.165, 1.54) is 36.0 Å². The van der Waals surface area contributed by atoms with Crippen LogP contribution in [0.1, 0.15) is 34.5 Å². The average molecular weight is 445 g/mol. The summed E-state index contributed by atoms with van der Waals surface area (Å²) in [6.45, 7) is 1.83. The molecule has 1 N–H and O–H groups in total. The number of amides is 1. The first-order valence-corrected chi connectivity index (χ1v) is 12.0. The molecule has 0 saturated carbocycles. The fourth-order valence-corrected chi connectivity index (χ4v) is 4.35. The van der Waals surface area contributed by atoms with E-state index in [0.717, 1.165) is 17.4 Å². The van der Waals surface area contributed by atoms with Crippen LogP contribution in [0.2, 0.25) is 0 Å². The number of sulfone groups is 1. The molecule has 0 bridgehead atoms. The number of aromatic nitrogens is 1. The molecule has 1 unspecified atom stereocenters. The molecule has 156 valence electrons. The lowest BCUT2D eigenvalue weighted by molar-refractivity contribution is 0.0936. The van der Waals surface area contributed by atoms with E-state index in [9.17, 15) is 17.6 Å². The normalized spacial score (nSPS) is 12.4. The molecule has 0 aliphatic rings. The van der Waals surface area contributed by atoms with Crippen LogP contribution < -0.4 is 5.32 Å². The maximum absolute atomic E-state index is 13.1. The van der Waals surface area contributed by atoms with Crippen molar-refractivity contribution >= 4 is 27.5 Å². The molecular formula is C22H21FN2O3S2. The highest BCUT2D eigenvalue weighted by Gasteiger charge is 2.17. The number of nitrogens with zero attached hydrogens (tertiary/aromatic N) is 1. The fourth-order valence-electron chi connectivity index (χ4n) is 2.77. The van der Waals surface area contributed by atoms with Crippen LogP contribution in [0.25, 0.3) is 0 Å². The summed E-state index contributed by atoms with van der Waals surface area (Å²) in [7, 11) is -3.27. The maximum atomic E-state index is 13.1. The molecule has 3 rings (SSSR count). The first kappa shape index (κ1) is 22.0. The van der Waals surface area contributed by atoms with E-state index in [1.807, 2.05) is 6.92 Å². The van der Waals surface area contributed by atoms with Crippen LogP contribution in [0.3, 0.4) is 0 Å². The molecule has 0 saturated heterocycles. The van der Waals surface area contributed by atoms with Crippen LogP contribution in [0.15, 0.2) is 76.8 Å². The molecule has 0 aliphatic heterocycles. The van der Waals surface area contributed by atoms with E-state index in [2.05, 4.69) is 10.3 Å². The topological polar surface area (TPSA) is 76.1 Å². The van der Waals surface area contributed by atoms with Crippen LogP contribution in [0.4, 0.5) is 4.39 Å². The third kappa shape index (κ3) is 5.67. The summed E-state index contributed by atoms with van der Waals surface area (Å²) in [5.74, 6) is -0.00954. The summed E-state index contributed by atoms with van der Waals surface area (Å²) < 4.78 is 36.3. The van der Waals surface area contributed by atoms with Crippen LogP contribution in [0.5, 0.6) is 0 Å². The lowest BCUT2D eigenvalue weighted by atomic mass is 10.1. The van der Waals surface area contributed by atoms with Gasteiger partial charge in [0.2, 0.25) is 0 Å². The van der Waals surface area contributed by atoms with E-state index in [4.69, 9.17) is 0 Å². The second kappa shape index (κ2) is 9.40. The zero-order valence-corrected chi connectivity index (χ0v) is 18.1. The van der Waals surface area contributed by atoms with E-state index in [1.54, 1.807) is 42.6 Å². The van der Waals surface area contributed by atoms with Crippen molar-refractivity contribution in [2.75, 3.05) is 6.26 Å². The number of thioether (sulfide) groups is 1. The van der Waals surface area contributed by atoms with Gasteiger partial charge in [-0.1, -0.05) is 24.3 Å². The number of halogens is 1. The van der Waals surface area contributed by atoms with Gasteiger partial charge in [-0.25, -0.2) is 17.8 Å². The summed E-state index contributed by atoms with van der Waals surface area (Å²) in [6, 6.07) is 15.7. The van der Waals surface area contributed by atoms with Gasteiger partial charge in [0.15, 0.2) is 9.84 Å². The first-order chi connectivity index (χ1) is 14.2. The van der Waals surface area contributed by atoms with Gasteiger partial charge < -0.3 is 5.32 Å². The van der Waals surface area contributed by atoms with Crippen molar-refractivity contribution in [2.45, 2.75) is 28.6 Å². The SMILES string of the molecule is CC(NC(=O)c1cccnc1SCc1ccc(F)cc1)c1ccc(S(C)(=O)=O)cc1. The number of pyridine rings is 1. The molecule has 0 spiro atoms. The Labute approximate surface area is 179 Å². The van der Waals surface area contributed by atoms with Crippen LogP contribution in [0, 0.1) is 5.82 Å². The molecular weight excluding hydrogens is 423 g/mol. The van der Waals surface area contributed by atoms with E-state index < -0.39 is 9.84 Å². The predicted octanol–water partition coefficient (Wildman–Crippen LogP) is 4.41. The number of benzene rings is 2. The number of hydrogen-bond donors (Lipinski definition) is 1. The molecule has 1 aromatic heterocycles. The molecule has 3 aromatic rings. The highest BCUT2D eigenvalue weighted by Crippen LogP contribution is 2.25. The van der Waals surface area contributed by atoms with Crippen molar-refractivity contribution in [1.82, 2.24) is 10.3 Å². The minimum absolute atomic E-state index is 0.233. The van der Waals surface area contributed by atoms with Gasteiger partial charge in [-0.3, -0.25) is 4.79 Å². The zero-order chi connectivity index (χ0) is 21.7. The monoisotopic (exact) mass is 444 g/mol. The standard InChI is InChI=1S/C22H21FN2O3S2/c1-15(17-7-11-19(12-8-17)30(2,27)28)25-21(26)20-4-3-13-24-22(20)29-14-16-5-9-18(23)10-6-16/h3-13,15H,14H2,1-2H3,(H,25,26). The molecule has 30 heavy (non-hydrogen) atoms. The summed E-state index contributed by atoms with van der Waals surface area (Å²) in [5, 5.41) is 3.51. The Bertz CT molecular complexity index is 1130. The number of hydrogen-bond acceptors (Lipinski definition) is 5. The van der Waals surface area contributed by atoms with Crippen molar-refractivity contribution in [3.63, 3.8) is 0 Å². The summed E-state index contributed by atoms with van der Waals surface area (Å²) in [6.07, 6.45) is 2.78. The number of carbonyl (C=O) groups is 1. The zero-order valence-electron chi connectivity index (χ0n) is 16.5. The Morgan fingerprint density at radius 3 is 2.40 bits per heavy atom. The quantitative estimate of drug-likeness (QED) is 0.547. The highest BCUT2D eigenvalue weighted by atomic mass is 32.2. The third-order valence-electron chi connectivity index (χ3n) is 4.46. The van der Waals surface area contributed by atoms with Crippen molar-refractivity contribution in [1.29, 1.82) is 0 Å². The van der Waals surface area contributed by atoms with Gasteiger partial charge in [0, 0.05) is 18.2 Å². The van der Waals surface area contributed by atoms with Gasteiger partial charge in [-0.2, -0.15) is 0 Å². The predicted molar refractivity (Wildman–Crippen MR) is 116 cm³/mol. The third-order valence-corrected chi connectivity index (χ3v) is 6.67. The lowest BCUT2D eigenvalue weighted by Crippen LogP contribution is -2.27. The average Bonchev–Trinajstić information content (AvgIpc) is 2.73. The van der Waals surface area contributed by atoms with E-state index >= 15 is 0 Å². The van der Waals surface area contributed by atoms with Gasteiger partial charge in [0.25, 0.3) is 5.91 Å². The summed E-state index contributed by atoms with van der Waals surface area (Å²) >= 11 is 1.40. The van der Waals surface area contributed by atoms with Crippen LogP contribution >= 0.6 is 11.8 Å². The Morgan fingerprint density at radius 1 is 1.10 bits per heavy atom. The first-order valence-electron chi connectivity index (χ1n) is 9.17. The molecule has 1 amide bonds. The lowest BCUT2D eigenvalue weighted by Gasteiger charge is -2.16. The van der Waals surface area contributed by atoms with Gasteiger partial charge in [0.05, 0.1) is 16.5 Å². The van der Waals surface area contributed by atoms with Crippen molar-refractivity contribution in [2.24, 2.45) is 0 Å². The number of nitrogens with one attached hydrogen (secondary N) is 1. The highest BCUT2D eigenvalue weighted by molar-refractivity contribution is 7.98. The van der Waals surface area contributed by atoms with Gasteiger partial charge in [-0.05, 0) is 54.4 Å². The van der Waals surface area contributed by atoms with Crippen molar-refractivity contribution in [3.8, 4) is 0 Å². The van der Waals surface area contributed by atoms with Gasteiger partial charge in [-0.15, -0.1) is 11.8 Å². The van der Waals surface area contributed by atoms with E-state index in [-0.39, 0.29) is 22.7 Å². The minimum Gasteiger partial charge on any atom is -0.345 e. The minimum atomic E-state index is -3.27.